The molecule has 2 aromatic heterocycles. The van der Waals surface area contributed by atoms with Crippen LogP contribution < -0.4 is 20.7 Å². The summed E-state index contributed by atoms with van der Waals surface area (Å²) in [4.78, 5) is 49.6. The Morgan fingerprint density at radius 1 is 0.852 bits per heavy atom. The van der Waals surface area contributed by atoms with E-state index in [2.05, 4.69) is 25.9 Å². The summed E-state index contributed by atoms with van der Waals surface area (Å²) in [6, 6.07) is 40.9. The summed E-state index contributed by atoms with van der Waals surface area (Å²) in [5.41, 5.74) is 5.12. The third-order valence-electron chi connectivity index (χ3n) is 8.33. The van der Waals surface area contributed by atoms with Crippen LogP contribution in [0.1, 0.15) is 33.7 Å². The third kappa shape index (κ3) is 8.77. The number of para-hydroxylation sites is 1. The van der Waals surface area contributed by atoms with Gasteiger partial charge in [0.15, 0.2) is 5.13 Å². The lowest BCUT2D eigenvalue weighted by atomic mass is 10.1. The van der Waals surface area contributed by atoms with Crippen molar-refractivity contribution in [2.24, 2.45) is 0 Å². The summed E-state index contributed by atoms with van der Waals surface area (Å²) < 4.78 is 5.55. The van der Waals surface area contributed by atoms with Gasteiger partial charge in [0.2, 0.25) is 5.91 Å². The standard InChI is InChI=1S/C43H35N5O4S2/c1-2-52-33-22-20-28(21-23-33)38-27-53-43(47-38)48-42(51)39(29-12-5-3-6-13-29)54-34-17-11-16-32(25-34)45-41(50)37(46-40(49)30-14-7-4-8-15-30)24-31-26-44-36-19-10-9-18-35(31)36/h3-27,39,44H,2H2,1H3,(H,45,50)(H,46,49)(H,47,48,51)/b37-24-. The number of anilines is 2. The number of ether oxygens (including phenoxy) is 1. The largest absolute Gasteiger partial charge is 0.494 e. The predicted octanol–water partition coefficient (Wildman–Crippen LogP) is 9.57. The second-order valence-electron chi connectivity index (χ2n) is 12.0. The van der Waals surface area contributed by atoms with E-state index >= 15 is 0 Å². The molecule has 0 aliphatic heterocycles. The van der Waals surface area contributed by atoms with E-state index in [-0.39, 0.29) is 11.6 Å². The molecule has 54 heavy (non-hydrogen) atoms. The number of nitrogens with one attached hydrogen (secondary N) is 4. The molecule has 268 valence electrons. The van der Waals surface area contributed by atoms with Crippen molar-refractivity contribution < 1.29 is 19.1 Å². The predicted molar refractivity (Wildman–Crippen MR) is 218 cm³/mol. The number of amides is 3. The molecule has 7 aromatic rings. The van der Waals surface area contributed by atoms with E-state index < -0.39 is 17.1 Å². The van der Waals surface area contributed by atoms with Crippen molar-refractivity contribution in [3.8, 4) is 17.0 Å². The van der Waals surface area contributed by atoms with Crippen molar-refractivity contribution in [1.29, 1.82) is 0 Å². The number of carbonyl (C=O) groups is 3. The van der Waals surface area contributed by atoms with Gasteiger partial charge in [0, 0.05) is 49.8 Å². The fourth-order valence-electron chi connectivity index (χ4n) is 5.72. The van der Waals surface area contributed by atoms with Crippen LogP contribution in [0.3, 0.4) is 0 Å². The zero-order chi connectivity index (χ0) is 37.3. The Kier molecular flexibility index (Phi) is 11.3. The molecule has 3 amide bonds. The minimum Gasteiger partial charge on any atom is -0.494 e. The van der Waals surface area contributed by atoms with Gasteiger partial charge < -0.3 is 25.7 Å². The number of aromatic nitrogens is 2. The topological polar surface area (TPSA) is 125 Å². The third-order valence-corrected chi connectivity index (χ3v) is 10.3. The van der Waals surface area contributed by atoms with Crippen molar-refractivity contribution in [3.63, 3.8) is 0 Å². The van der Waals surface area contributed by atoms with Crippen LogP contribution in [0.5, 0.6) is 5.75 Å². The van der Waals surface area contributed by atoms with Crippen LogP contribution in [0, 0.1) is 0 Å². The van der Waals surface area contributed by atoms with Crippen LogP contribution in [-0.4, -0.2) is 34.3 Å². The van der Waals surface area contributed by atoms with Gasteiger partial charge in [0.25, 0.3) is 11.8 Å². The zero-order valence-electron chi connectivity index (χ0n) is 29.1. The molecule has 5 aromatic carbocycles. The SMILES string of the molecule is CCOc1ccc(-c2csc(NC(=O)C(Sc3cccc(NC(=O)/C(=C/c4c[nH]c5ccccc45)NC(=O)c4ccccc4)c3)c3ccccc3)n2)cc1. The van der Waals surface area contributed by atoms with Crippen LogP contribution in [-0.2, 0) is 9.59 Å². The molecular formula is C43H35N5O4S2. The number of aromatic amines is 1. The minimum absolute atomic E-state index is 0.0706. The lowest BCUT2D eigenvalue weighted by Crippen LogP contribution is -2.30. The molecule has 4 N–H and O–H groups in total. The van der Waals surface area contributed by atoms with Gasteiger partial charge in [-0.2, -0.15) is 0 Å². The van der Waals surface area contributed by atoms with Gasteiger partial charge in [-0.05, 0) is 79.2 Å². The summed E-state index contributed by atoms with van der Waals surface area (Å²) in [5, 5.41) is 11.4. The molecule has 7 rings (SSSR count). The maximum absolute atomic E-state index is 13.9. The second kappa shape index (κ2) is 16.9. The molecule has 1 atom stereocenters. The van der Waals surface area contributed by atoms with E-state index in [1.54, 1.807) is 42.6 Å². The number of H-pyrrole nitrogens is 1. The summed E-state index contributed by atoms with van der Waals surface area (Å²) in [6.07, 6.45) is 3.45. The summed E-state index contributed by atoms with van der Waals surface area (Å²) in [5.74, 6) is -0.366. The quantitative estimate of drug-likeness (QED) is 0.0688. The first-order chi connectivity index (χ1) is 26.4. The molecule has 0 aliphatic rings. The Hall–Kier alpha value is -6.43. The van der Waals surface area contributed by atoms with E-state index in [1.165, 1.54) is 23.1 Å². The van der Waals surface area contributed by atoms with Gasteiger partial charge in [-0.25, -0.2) is 4.98 Å². The van der Waals surface area contributed by atoms with Crippen molar-refractivity contribution >= 4 is 68.6 Å². The Labute approximate surface area is 320 Å². The number of hydrogen-bond donors (Lipinski definition) is 4. The van der Waals surface area contributed by atoms with Gasteiger partial charge >= 0.3 is 0 Å². The number of thioether (sulfide) groups is 1. The molecule has 0 radical (unpaired) electrons. The minimum atomic E-state index is -0.627. The van der Waals surface area contributed by atoms with E-state index in [4.69, 9.17) is 4.74 Å². The normalized spacial score (nSPS) is 11.8. The first-order valence-corrected chi connectivity index (χ1v) is 19.0. The van der Waals surface area contributed by atoms with Crippen molar-refractivity contribution in [2.75, 3.05) is 17.2 Å². The molecule has 0 bridgehead atoms. The van der Waals surface area contributed by atoms with Crippen LogP contribution >= 0.6 is 23.1 Å². The molecule has 0 spiro atoms. The van der Waals surface area contributed by atoms with E-state index in [0.29, 0.717) is 23.0 Å². The molecule has 1 unspecified atom stereocenters. The van der Waals surface area contributed by atoms with Crippen molar-refractivity contribution in [3.05, 3.63) is 167 Å². The number of nitrogens with zero attached hydrogens (tertiary/aromatic N) is 1. The maximum Gasteiger partial charge on any atom is 0.272 e. The maximum atomic E-state index is 13.9. The van der Waals surface area contributed by atoms with E-state index in [1.807, 2.05) is 115 Å². The number of rotatable bonds is 13. The fourth-order valence-corrected chi connectivity index (χ4v) is 7.52. The second-order valence-corrected chi connectivity index (χ2v) is 14.1. The van der Waals surface area contributed by atoms with E-state index in [9.17, 15) is 14.4 Å². The van der Waals surface area contributed by atoms with Crippen LogP contribution in [0.15, 0.2) is 156 Å². The molecule has 11 heteroatoms. The van der Waals surface area contributed by atoms with Crippen molar-refractivity contribution in [1.82, 2.24) is 15.3 Å². The summed E-state index contributed by atoms with van der Waals surface area (Å²) in [6.45, 7) is 2.53. The van der Waals surface area contributed by atoms with Gasteiger partial charge in [-0.3, -0.25) is 14.4 Å². The fraction of sp³-hybridized carbons (Fsp3) is 0.0698. The highest BCUT2D eigenvalue weighted by molar-refractivity contribution is 8.00. The van der Waals surface area contributed by atoms with Crippen LogP contribution in [0.4, 0.5) is 10.8 Å². The lowest BCUT2D eigenvalue weighted by Gasteiger charge is -2.17. The molecule has 0 aliphatic carbocycles. The number of thiazole rings is 1. The van der Waals surface area contributed by atoms with Crippen LogP contribution in [0.2, 0.25) is 0 Å². The smallest absolute Gasteiger partial charge is 0.272 e. The molecule has 2 heterocycles. The first kappa shape index (κ1) is 36.0. The highest BCUT2D eigenvalue weighted by atomic mass is 32.2. The average molecular weight is 750 g/mol. The molecule has 0 saturated carbocycles. The van der Waals surface area contributed by atoms with Gasteiger partial charge in [0.1, 0.15) is 16.7 Å². The number of carbonyl (C=O) groups excluding carboxylic acids is 3. The highest BCUT2D eigenvalue weighted by Crippen LogP contribution is 2.38. The Bertz CT molecular complexity index is 2430. The number of hydrogen-bond acceptors (Lipinski definition) is 7. The molecular weight excluding hydrogens is 715 g/mol. The number of fused-ring (bicyclic) bond motifs is 1. The molecule has 9 nitrogen and oxygen atoms in total. The molecule has 0 saturated heterocycles. The number of benzene rings is 5. The summed E-state index contributed by atoms with van der Waals surface area (Å²) in [7, 11) is 0. The Balaban J connectivity index is 1.10. The first-order valence-electron chi connectivity index (χ1n) is 17.2. The average Bonchev–Trinajstić information content (AvgIpc) is 3.85. The van der Waals surface area contributed by atoms with Crippen molar-refractivity contribution in [2.45, 2.75) is 17.1 Å². The Morgan fingerprint density at radius 2 is 1.59 bits per heavy atom. The van der Waals surface area contributed by atoms with E-state index in [0.717, 1.165) is 43.9 Å². The van der Waals surface area contributed by atoms with Crippen LogP contribution in [0.25, 0.3) is 28.2 Å². The monoisotopic (exact) mass is 749 g/mol. The molecule has 0 fully saturated rings. The van der Waals surface area contributed by atoms with Gasteiger partial charge in [-0.15, -0.1) is 23.1 Å². The zero-order valence-corrected chi connectivity index (χ0v) is 30.7. The Morgan fingerprint density at radius 3 is 2.37 bits per heavy atom. The van der Waals surface area contributed by atoms with Gasteiger partial charge in [0.05, 0.1) is 12.3 Å². The lowest BCUT2D eigenvalue weighted by molar-refractivity contribution is -0.116. The van der Waals surface area contributed by atoms with Gasteiger partial charge in [-0.1, -0.05) is 72.8 Å². The summed E-state index contributed by atoms with van der Waals surface area (Å²) >= 11 is 2.71. The highest BCUT2D eigenvalue weighted by Gasteiger charge is 2.24.